The molecule has 148 valence electrons. The number of nitrogens with zero attached hydrogens (tertiary/aromatic N) is 2. The van der Waals surface area contributed by atoms with E-state index in [1.165, 1.54) is 22.2 Å². The molecule has 1 saturated heterocycles. The summed E-state index contributed by atoms with van der Waals surface area (Å²) in [5.41, 5.74) is 3.21. The monoisotopic (exact) mass is 382 g/mol. The summed E-state index contributed by atoms with van der Waals surface area (Å²) in [6, 6.07) is 15.6. The van der Waals surface area contributed by atoms with Gasteiger partial charge in [0.25, 0.3) is 5.91 Å². The Labute approximate surface area is 166 Å². The Hall–Kier alpha value is -2.40. The fraction of sp³-hybridized carbons (Fsp3) is 0.435. The first-order chi connectivity index (χ1) is 13.6. The molecule has 4 rings (SSSR count). The third-order valence-electron chi connectivity index (χ3n) is 5.93. The van der Waals surface area contributed by atoms with Crippen molar-refractivity contribution in [2.24, 2.45) is 0 Å². The molecule has 2 aromatic rings. The molecule has 0 radical (unpaired) electrons. The van der Waals surface area contributed by atoms with Gasteiger partial charge in [-0.15, -0.1) is 0 Å². The van der Waals surface area contributed by atoms with Gasteiger partial charge in [0.2, 0.25) is 0 Å². The molecule has 0 bridgehead atoms. The molecule has 0 spiro atoms. The molecule has 0 atom stereocenters. The van der Waals surface area contributed by atoms with Crippen molar-refractivity contribution in [1.29, 1.82) is 0 Å². The van der Waals surface area contributed by atoms with Gasteiger partial charge in [-0.2, -0.15) is 0 Å². The molecule has 2 fully saturated rings. The zero-order valence-corrected chi connectivity index (χ0v) is 16.5. The summed E-state index contributed by atoms with van der Waals surface area (Å²) >= 11 is 0. The van der Waals surface area contributed by atoms with Crippen LogP contribution in [0.4, 0.5) is 10.1 Å². The van der Waals surface area contributed by atoms with Gasteiger partial charge in [-0.1, -0.05) is 36.4 Å². The van der Waals surface area contributed by atoms with Gasteiger partial charge in [-0.05, 0) is 37.5 Å². The maximum atomic E-state index is 14.0. The van der Waals surface area contributed by atoms with E-state index < -0.39 is 0 Å². The number of para-hydroxylation sites is 1. The number of aryl methyl sites for hydroxylation is 1. The van der Waals surface area contributed by atoms with E-state index in [-0.39, 0.29) is 11.7 Å². The molecule has 0 unspecified atom stereocenters. The van der Waals surface area contributed by atoms with Crippen molar-refractivity contribution < 1.29 is 14.1 Å². The van der Waals surface area contributed by atoms with Crippen molar-refractivity contribution in [2.75, 3.05) is 37.6 Å². The first kappa shape index (κ1) is 18.9. The third kappa shape index (κ3) is 4.36. The number of quaternary nitrogens is 1. The van der Waals surface area contributed by atoms with Crippen molar-refractivity contribution in [2.45, 2.75) is 32.4 Å². The van der Waals surface area contributed by atoms with Crippen molar-refractivity contribution >= 4 is 11.6 Å². The number of hydrogen-bond donors (Lipinski definition) is 1. The van der Waals surface area contributed by atoms with Crippen molar-refractivity contribution in [3.63, 3.8) is 0 Å². The molecule has 4 nitrogen and oxygen atoms in total. The van der Waals surface area contributed by atoms with E-state index in [1.807, 2.05) is 11.0 Å². The predicted octanol–water partition coefficient (Wildman–Crippen LogP) is 2.03. The quantitative estimate of drug-likeness (QED) is 0.828. The summed E-state index contributed by atoms with van der Waals surface area (Å²) < 4.78 is 14.0. The molecule has 28 heavy (non-hydrogen) atoms. The van der Waals surface area contributed by atoms with E-state index in [9.17, 15) is 9.18 Å². The zero-order chi connectivity index (χ0) is 19.5. The van der Waals surface area contributed by atoms with Crippen LogP contribution in [0.3, 0.4) is 0 Å². The number of amides is 1. The molecule has 2 aliphatic rings. The van der Waals surface area contributed by atoms with Gasteiger partial charge >= 0.3 is 0 Å². The number of carbonyl (C=O) groups is 1. The fourth-order valence-electron chi connectivity index (χ4n) is 4.09. The van der Waals surface area contributed by atoms with Gasteiger partial charge < -0.3 is 14.7 Å². The number of rotatable bonds is 6. The zero-order valence-electron chi connectivity index (χ0n) is 16.5. The first-order valence-electron chi connectivity index (χ1n) is 10.3. The molecule has 1 aliphatic carbocycles. The lowest BCUT2D eigenvalue weighted by molar-refractivity contribution is -0.892. The number of benzene rings is 2. The number of carbonyl (C=O) groups excluding carboxylic acids is 1. The van der Waals surface area contributed by atoms with Gasteiger partial charge in [0.15, 0.2) is 6.54 Å². The minimum atomic E-state index is -0.222. The molecule has 0 aromatic heterocycles. The second-order valence-corrected chi connectivity index (χ2v) is 8.04. The molecule has 5 heteroatoms. The molecule has 1 aliphatic heterocycles. The molecular weight excluding hydrogens is 353 g/mol. The van der Waals surface area contributed by atoms with Crippen LogP contribution < -0.4 is 9.80 Å². The molecule has 2 aromatic carbocycles. The van der Waals surface area contributed by atoms with E-state index in [4.69, 9.17) is 0 Å². The van der Waals surface area contributed by atoms with Crippen molar-refractivity contribution in [3.8, 4) is 0 Å². The second kappa shape index (κ2) is 8.31. The summed E-state index contributed by atoms with van der Waals surface area (Å²) in [6.07, 6.45) is 2.08. The first-order valence-corrected chi connectivity index (χ1v) is 10.3. The highest BCUT2D eigenvalue weighted by molar-refractivity contribution is 5.77. The number of hydrogen-bond acceptors (Lipinski definition) is 2. The summed E-state index contributed by atoms with van der Waals surface area (Å²) in [5.74, 6) is -0.0646. The summed E-state index contributed by atoms with van der Waals surface area (Å²) in [4.78, 5) is 18.6. The fourth-order valence-corrected chi connectivity index (χ4v) is 4.09. The minimum absolute atomic E-state index is 0.157. The van der Waals surface area contributed by atoms with Crippen LogP contribution in [0.25, 0.3) is 0 Å². The second-order valence-electron chi connectivity index (χ2n) is 8.04. The van der Waals surface area contributed by atoms with Crippen LogP contribution >= 0.6 is 0 Å². The predicted molar refractivity (Wildman–Crippen MR) is 109 cm³/mol. The Kier molecular flexibility index (Phi) is 5.62. The molecule has 1 saturated carbocycles. The standard InChI is InChI=1S/C23H28FN3O/c1-18-6-2-5-9-22(18)26-14-12-25(13-15-26)17-23(28)27(20-10-11-20)16-19-7-3-4-8-21(19)24/h2-9,20H,10-17H2,1H3/p+1. The minimum Gasteiger partial charge on any atom is -0.360 e. The Bertz CT molecular complexity index is 828. The van der Waals surface area contributed by atoms with Gasteiger partial charge in [0.1, 0.15) is 5.82 Å². The van der Waals surface area contributed by atoms with Crippen molar-refractivity contribution in [1.82, 2.24) is 4.90 Å². The number of anilines is 1. The third-order valence-corrected chi connectivity index (χ3v) is 5.93. The summed E-state index contributed by atoms with van der Waals surface area (Å²) in [6.45, 7) is 6.88. The molecular formula is C23H29FN3O+. The van der Waals surface area contributed by atoms with Crippen LogP contribution in [-0.2, 0) is 11.3 Å². The number of halogens is 1. The lowest BCUT2D eigenvalue weighted by Crippen LogP contribution is -3.15. The van der Waals surface area contributed by atoms with Crippen LogP contribution in [0.1, 0.15) is 24.0 Å². The molecule has 1 N–H and O–H groups in total. The molecule has 1 amide bonds. The summed E-state index contributed by atoms with van der Waals surface area (Å²) in [7, 11) is 0. The number of nitrogens with one attached hydrogen (secondary N) is 1. The Morgan fingerprint density at radius 1 is 1.11 bits per heavy atom. The van der Waals surface area contributed by atoms with Crippen LogP contribution in [0.15, 0.2) is 48.5 Å². The highest BCUT2D eigenvalue weighted by atomic mass is 19.1. The van der Waals surface area contributed by atoms with Gasteiger partial charge in [0.05, 0.1) is 26.2 Å². The van der Waals surface area contributed by atoms with Crippen LogP contribution in [0.5, 0.6) is 0 Å². The highest BCUT2D eigenvalue weighted by Crippen LogP contribution is 2.28. The average Bonchev–Trinajstić information content (AvgIpc) is 3.53. The molecule has 1 heterocycles. The normalized spacial score (nSPS) is 17.6. The van der Waals surface area contributed by atoms with Crippen molar-refractivity contribution in [3.05, 3.63) is 65.5 Å². The van der Waals surface area contributed by atoms with Crippen LogP contribution in [0, 0.1) is 12.7 Å². The van der Waals surface area contributed by atoms with E-state index in [2.05, 4.69) is 36.1 Å². The van der Waals surface area contributed by atoms with Gasteiger partial charge in [-0.25, -0.2) is 4.39 Å². The Balaban J connectivity index is 1.34. The summed E-state index contributed by atoms with van der Waals surface area (Å²) in [5, 5.41) is 0. The average molecular weight is 383 g/mol. The van der Waals surface area contributed by atoms with Gasteiger partial charge in [-0.3, -0.25) is 4.79 Å². The Morgan fingerprint density at radius 3 is 2.46 bits per heavy atom. The van der Waals surface area contributed by atoms with Crippen LogP contribution in [0.2, 0.25) is 0 Å². The topological polar surface area (TPSA) is 28.0 Å². The maximum Gasteiger partial charge on any atom is 0.278 e. The SMILES string of the molecule is Cc1ccccc1N1CC[NH+](CC(=O)N(Cc2ccccc2F)C2CC2)CC1. The van der Waals surface area contributed by atoms with Crippen LogP contribution in [-0.4, -0.2) is 49.6 Å². The van der Waals surface area contributed by atoms with E-state index in [1.54, 1.807) is 12.1 Å². The van der Waals surface area contributed by atoms with E-state index in [0.717, 1.165) is 39.0 Å². The largest absolute Gasteiger partial charge is 0.360 e. The highest BCUT2D eigenvalue weighted by Gasteiger charge is 2.35. The smallest absolute Gasteiger partial charge is 0.278 e. The lowest BCUT2D eigenvalue weighted by Gasteiger charge is -2.35. The van der Waals surface area contributed by atoms with E-state index in [0.29, 0.717) is 24.7 Å². The maximum absolute atomic E-state index is 14.0. The lowest BCUT2D eigenvalue weighted by atomic mass is 10.1. The van der Waals surface area contributed by atoms with Gasteiger partial charge in [0, 0.05) is 23.8 Å². The number of piperazine rings is 1. The Morgan fingerprint density at radius 2 is 1.79 bits per heavy atom. The van der Waals surface area contributed by atoms with E-state index >= 15 is 0 Å².